The molecule has 0 aliphatic heterocycles. The van der Waals surface area contributed by atoms with Crippen molar-refractivity contribution in [2.24, 2.45) is 0 Å². The van der Waals surface area contributed by atoms with Crippen LogP contribution >= 0.6 is 0 Å². The molecule has 6 heterocycles. The number of aromatic nitrogens is 6. The Kier molecular flexibility index (Phi) is 22.6. The molecule has 0 spiro atoms. The summed E-state index contributed by atoms with van der Waals surface area (Å²) in [5.74, 6) is 5.23. The summed E-state index contributed by atoms with van der Waals surface area (Å²) in [4.78, 5) is 52.5. The number of methoxy groups -OCH3 is 6. The number of pyridine rings is 6. The molecule has 6 aromatic carbocycles. The quantitative estimate of drug-likeness (QED) is 0.0483. The molecule has 6 aromatic heterocycles. The van der Waals surface area contributed by atoms with Crippen LogP contribution < -0.4 is 48.5 Å². The van der Waals surface area contributed by atoms with Gasteiger partial charge < -0.3 is 53.6 Å². The minimum Gasteiger partial charge on any atom is -0.506 e. The number of likely N-dealkylation sites (N-methyl/N-ethyl adjacent to an activating group) is 1. The van der Waals surface area contributed by atoms with Crippen LogP contribution in [-0.4, -0.2) is 116 Å². The lowest BCUT2D eigenvalue weighted by atomic mass is 9.99. The molecule has 1 aliphatic rings. The summed E-state index contributed by atoms with van der Waals surface area (Å²) in [7, 11) is 11.5. The van der Waals surface area contributed by atoms with E-state index in [1.807, 2.05) is 140 Å². The van der Waals surface area contributed by atoms with Crippen LogP contribution in [0, 0.1) is 0 Å². The summed E-state index contributed by atoms with van der Waals surface area (Å²) in [6.07, 6.45) is 15.4. The van der Waals surface area contributed by atoms with Crippen LogP contribution in [-0.2, 0) is 48.1 Å². The number of benzene rings is 6. The Morgan fingerprint density at radius 2 is 0.758 bits per heavy atom. The van der Waals surface area contributed by atoms with Crippen molar-refractivity contribution in [2.45, 2.75) is 97.4 Å². The van der Waals surface area contributed by atoms with E-state index in [-0.39, 0.29) is 30.8 Å². The number of para-hydroxylation sites is 3. The maximum atomic E-state index is 12.1. The van der Waals surface area contributed by atoms with Crippen LogP contribution in [0.25, 0.3) is 65.0 Å². The lowest BCUT2D eigenvalue weighted by molar-refractivity contribution is -0.123. The maximum absolute atomic E-state index is 12.1. The molecule has 1 saturated carbocycles. The minimum absolute atomic E-state index is 0.0173. The minimum atomic E-state index is -0.192. The molecular formula is C80H84N8O11. The highest BCUT2D eigenvalue weighted by Crippen LogP contribution is 2.40. The van der Waals surface area contributed by atoms with Gasteiger partial charge in [-0.3, -0.25) is 24.5 Å². The predicted molar refractivity (Wildman–Crippen MR) is 388 cm³/mol. The fourth-order valence-electron chi connectivity index (χ4n) is 12.2. The molecule has 0 bridgehead atoms. The summed E-state index contributed by atoms with van der Waals surface area (Å²) in [5, 5.41) is 24.9. The van der Waals surface area contributed by atoms with Gasteiger partial charge in [-0.15, -0.1) is 0 Å². The van der Waals surface area contributed by atoms with Crippen LogP contribution in [0.15, 0.2) is 146 Å². The van der Waals surface area contributed by atoms with E-state index >= 15 is 0 Å². The molecule has 12 aromatic rings. The van der Waals surface area contributed by atoms with Gasteiger partial charge in [0.15, 0.2) is 47.7 Å². The van der Waals surface area contributed by atoms with Crippen molar-refractivity contribution >= 4 is 76.8 Å². The zero-order chi connectivity index (χ0) is 69.5. The Morgan fingerprint density at radius 3 is 1.10 bits per heavy atom. The number of nitrogens with one attached hydrogen (secondary N) is 2. The number of ether oxygens (including phenoxy) is 8. The largest absolute Gasteiger partial charge is 0.506 e. The van der Waals surface area contributed by atoms with Crippen molar-refractivity contribution in [1.82, 2.24) is 40.5 Å². The Hall–Kier alpha value is -11.1. The molecule has 0 unspecified atom stereocenters. The van der Waals surface area contributed by atoms with E-state index in [0.29, 0.717) is 76.8 Å². The van der Waals surface area contributed by atoms with Crippen LogP contribution in [0.3, 0.4) is 0 Å². The van der Waals surface area contributed by atoms with Gasteiger partial charge in [-0.25, -0.2) is 15.0 Å². The molecule has 0 atom stereocenters. The summed E-state index contributed by atoms with van der Waals surface area (Å²) < 4.78 is 44.9. The van der Waals surface area contributed by atoms with Gasteiger partial charge in [0, 0.05) is 117 Å². The third-order valence-corrected chi connectivity index (χ3v) is 17.4. The number of carbonyl (C=O) groups excluding carboxylic acids is 2. The number of aromatic hydroxyl groups is 1. The lowest BCUT2D eigenvalue weighted by Gasteiger charge is -2.15. The van der Waals surface area contributed by atoms with Gasteiger partial charge >= 0.3 is 0 Å². The molecular weight excluding hydrogens is 1250 g/mol. The lowest BCUT2D eigenvalue weighted by Crippen LogP contribution is -2.30. The molecule has 99 heavy (non-hydrogen) atoms. The van der Waals surface area contributed by atoms with Gasteiger partial charge in [0.2, 0.25) is 0 Å². The molecule has 1 aliphatic carbocycles. The summed E-state index contributed by atoms with van der Waals surface area (Å²) in [6.45, 7) is 6.36. The van der Waals surface area contributed by atoms with E-state index in [1.165, 1.54) is 0 Å². The fraction of sp³-hybridized carbons (Fsp3) is 0.300. The summed E-state index contributed by atoms with van der Waals surface area (Å²) >= 11 is 0. The number of carbonyl (C=O) groups is 2. The first kappa shape index (κ1) is 69.3. The number of rotatable bonds is 25. The molecule has 0 radical (unpaired) electrons. The van der Waals surface area contributed by atoms with E-state index < -0.39 is 0 Å². The van der Waals surface area contributed by atoms with Crippen molar-refractivity contribution < 1.29 is 52.6 Å². The van der Waals surface area contributed by atoms with Gasteiger partial charge in [0.1, 0.15) is 33.8 Å². The number of hydrogen-bond acceptors (Lipinski definition) is 17. The van der Waals surface area contributed by atoms with Crippen molar-refractivity contribution in [3.05, 3.63) is 197 Å². The Labute approximate surface area is 576 Å². The fourth-order valence-corrected chi connectivity index (χ4v) is 12.2. The summed E-state index contributed by atoms with van der Waals surface area (Å²) in [5.41, 5.74) is 11.0. The third-order valence-electron chi connectivity index (χ3n) is 17.4. The first-order valence-corrected chi connectivity index (χ1v) is 33.5. The first-order valence-electron chi connectivity index (χ1n) is 33.5. The molecule has 3 N–H and O–H groups in total. The van der Waals surface area contributed by atoms with Gasteiger partial charge in [-0.2, -0.15) is 0 Å². The number of fused-ring (bicyclic) bond motifs is 6. The van der Waals surface area contributed by atoms with Crippen molar-refractivity contribution in [3.8, 4) is 51.7 Å². The van der Waals surface area contributed by atoms with Crippen LogP contribution in [0.1, 0.15) is 104 Å². The standard InChI is InChI=1S/C29H31N3O4.C27H29N3O4.C24H24N2O3/c1-4-6-24-23-15-27(35-3)26(34-2)14-22(23)19(16-30-24)13-21-10-9-18-7-5-8-25(29(18)32-21)36-17-28(33)31-20-11-12-20;1-5-7-22-21-14-25(33-4)24(32-3)13-20(21)18(15-29-22)12-19-11-10-17-8-6-9-23(27(17)30-19)34-16-26(31)28-2;1-4-6-20-19-13-23(29-3)22(28-2)12-18(19)16(14-25-20)11-17-10-9-15-7-5-8-21(27)24(15)26-17/h5,7-10,14-16,20H,4,6,11-13,17H2,1-3H3,(H,31,33);6,8-11,13-15H,5,7,12,16H2,1-4H3,(H,28,31);5,7-10,12-14,27H,4,6,11H2,1-3H3. The second kappa shape index (κ2) is 32.3. The highest BCUT2D eigenvalue weighted by Gasteiger charge is 2.24. The van der Waals surface area contributed by atoms with Crippen LogP contribution in [0.5, 0.6) is 51.7 Å². The van der Waals surface area contributed by atoms with E-state index in [2.05, 4.69) is 36.4 Å². The smallest absolute Gasteiger partial charge is 0.258 e. The average molecular weight is 1330 g/mol. The molecule has 19 nitrogen and oxygen atoms in total. The van der Waals surface area contributed by atoms with Crippen LogP contribution in [0.2, 0.25) is 0 Å². The number of nitrogens with zero attached hydrogens (tertiary/aromatic N) is 6. The Morgan fingerprint density at radius 1 is 0.424 bits per heavy atom. The third kappa shape index (κ3) is 16.2. The Bertz CT molecular complexity index is 4910. The topological polar surface area (TPSA) is 230 Å². The van der Waals surface area contributed by atoms with E-state index in [9.17, 15) is 14.7 Å². The molecule has 13 rings (SSSR count). The predicted octanol–water partition coefficient (Wildman–Crippen LogP) is 14.5. The highest BCUT2D eigenvalue weighted by atomic mass is 16.5. The monoisotopic (exact) mass is 1330 g/mol. The number of hydrogen-bond donors (Lipinski definition) is 3. The second-order valence-electron chi connectivity index (χ2n) is 24.2. The normalized spacial score (nSPS) is 11.8. The number of phenols is 1. The maximum Gasteiger partial charge on any atom is 0.258 e. The first-order chi connectivity index (χ1) is 48.3. The average Bonchev–Trinajstić information content (AvgIpc) is 1.78. The van der Waals surface area contributed by atoms with Crippen LogP contribution in [0.4, 0.5) is 0 Å². The van der Waals surface area contributed by atoms with Gasteiger partial charge in [-0.05, 0) is 138 Å². The molecule has 510 valence electrons. The molecule has 0 saturated heterocycles. The zero-order valence-corrected chi connectivity index (χ0v) is 57.8. The highest BCUT2D eigenvalue weighted by molar-refractivity contribution is 5.94. The number of phenolic OH excluding ortho intramolecular Hbond substituents is 1. The van der Waals surface area contributed by atoms with E-state index in [0.717, 1.165) is 162 Å². The SMILES string of the molecule is CCCc1ncc(Cc2ccc3cccc(O)c3n2)c2cc(OC)c(OC)cc12.CCCc1ncc(Cc2ccc3cccc(OCC(=O)NC)c3n2)c2cc(OC)c(OC)cc12.CCCc1ncc(Cc2ccc3cccc(OCC(=O)NC4CC4)c3n2)c2cc(OC)c(OC)cc12. The van der Waals surface area contributed by atoms with Gasteiger partial charge in [-0.1, -0.05) is 94.6 Å². The van der Waals surface area contributed by atoms with Gasteiger partial charge in [0.25, 0.3) is 11.8 Å². The molecule has 2 amide bonds. The Balaban J connectivity index is 0.000000151. The van der Waals surface area contributed by atoms with Crippen molar-refractivity contribution in [1.29, 1.82) is 0 Å². The second-order valence-corrected chi connectivity index (χ2v) is 24.2. The molecule has 19 heteroatoms. The number of amides is 2. The zero-order valence-electron chi connectivity index (χ0n) is 57.8. The van der Waals surface area contributed by atoms with E-state index in [4.69, 9.17) is 62.8 Å². The summed E-state index contributed by atoms with van der Waals surface area (Å²) in [6, 6.07) is 41.4. The molecule has 1 fully saturated rings. The number of aryl methyl sites for hydroxylation is 3. The van der Waals surface area contributed by atoms with Crippen molar-refractivity contribution in [2.75, 3.05) is 62.9 Å². The van der Waals surface area contributed by atoms with E-state index in [1.54, 1.807) is 55.8 Å². The van der Waals surface area contributed by atoms with Gasteiger partial charge in [0.05, 0.1) is 42.7 Å². The van der Waals surface area contributed by atoms with Crippen molar-refractivity contribution in [3.63, 3.8) is 0 Å².